The van der Waals surface area contributed by atoms with Gasteiger partial charge in [-0.3, -0.25) is 4.68 Å². The zero-order valence-corrected chi connectivity index (χ0v) is 9.67. The molecule has 0 N–H and O–H groups in total. The summed E-state index contributed by atoms with van der Waals surface area (Å²) in [6.07, 6.45) is 0. The normalized spacial score (nSPS) is 11.4. The second-order valence-corrected chi connectivity index (χ2v) is 5.13. The van der Waals surface area contributed by atoms with E-state index < -0.39 is 15.0 Å². The first-order chi connectivity index (χ1) is 6.90. The van der Waals surface area contributed by atoms with Crippen molar-refractivity contribution >= 4 is 25.7 Å². The van der Waals surface area contributed by atoms with Gasteiger partial charge in [0.25, 0.3) is 9.05 Å². The van der Waals surface area contributed by atoms with Crippen molar-refractivity contribution in [3.63, 3.8) is 0 Å². The Morgan fingerprint density at radius 3 is 2.67 bits per heavy atom. The van der Waals surface area contributed by atoms with E-state index in [4.69, 9.17) is 10.7 Å². The fraction of sp³-hybridized carbons (Fsp3) is 0.429. The number of hydrogen-bond donors (Lipinski definition) is 0. The van der Waals surface area contributed by atoms with Crippen molar-refractivity contribution in [2.75, 3.05) is 7.11 Å². The van der Waals surface area contributed by atoms with Gasteiger partial charge in [0.05, 0.1) is 7.11 Å². The van der Waals surface area contributed by atoms with Gasteiger partial charge in [0.15, 0.2) is 5.03 Å². The van der Waals surface area contributed by atoms with Crippen molar-refractivity contribution in [2.45, 2.75) is 18.5 Å². The minimum absolute atomic E-state index is 0.0548. The number of ether oxygens (including phenoxy) is 1. The van der Waals surface area contributed by atoms with E-state index in [0.717, 1.165) is 6.07 Å². The minimum atomic E-state index is -3.92. The van der Waals surface area contributed by atoms with Crippen molar-refractivity contribution in [1.82, 2.24) is 9.78 Å². The maximum absolute atomic E-state index is 11.2. The van der Waals surface area contributed by atoms with Gasteiger partial charge in [0, 0.05) is 23.3 Å². The van der Waals surface area contributed by atoms with Crippen LogP contribution in [-0.2, 0) is 20.3 Å². The maximum atomic E-state index is 11.2. The molecule has 0 amide bonds. The SMILES string of the molecule is CCn1nc(S(=O)(=O)Cl)cc1C(=O)OC. The summed E-state index contributed by atoms with van der Waals surface area (Å²) in [5.41, 5.74) is 0.0548. The molecule has 1 aromatic rings. The average molecular weight is 253 g/mol. The minimum Gasteiger partial charge on any atom is -0.464 e. The second-order valence-electron chi connectivity index (χ2n) is 2.61. The molecule has 6 nitrogen and oxygen atoms in total. The van der Waals surface area contributed by atoms with E-state index >= 15 is 0 Å². The van der Waals surface area contributed by atoms with Crippen LogP contribution in [0.3, 0.4) is 0 Å². The van der Waals surface area contributed by atoms with Crippen LogP contribution in [0.15, 0.2) is 11.1 Å². The number of aryl methyl sites for hydroxylation is 1. The summed E-state index contributed by atoms with van der Waals surface area (Å²) in [4.78, 5) is 11.2. The molecule has 8 heteroatoms. The zero-order chi connectivity index (χ0) is 11.6. The smallest absolute Gasteiger partial charge is 0.356 e. The van der Waals surface area contributed by atoms with Crippen molar-refractivity contribution < 1.29 is 17.9 Å². The van der Waals surface area contributed by atoms with Gasteiger partial charge in [-0.05, 0) is 6.92 Å². The Kier molecular flexibility index (Phi) is 3.35. The van der Waals surface area contributed by atoms with Crippen LogP contribution in [-0.4, -0.2) is 31.3 Å². The van der Waals surface area contributed by atoms with E-state index in [0.29, 0.717) is 6.54 Å². The summed E-state index contributed by atoms with van der Waals surface area (Å²) < 4.78 is 27.6. The molecule has 0 aliphatic carbocycles. The van der Waals surface area contributed by atoms with Gasteiger partial charge in [0.2, 0.25) is 0 Å². The molecule has 0 radical (unpaired) electrons. The van der Waals surface area contributed by atoms with Crippen LogP contribution in [0.4, 0.5) is 0 Å². The number of methoxy groups -OCH3 is 1. The Morgan fingerprint density at radius 2 is 2.27 bits per heavy atom. The monoisotopic (exact) mass is 252 g/mol. The summed E-state index contributed by atoms with van der Waals surface area (Å²) in [6, 6.07) is 1.08. The molecule has 0 saturated heterocycles. The molecule has 15 heavy (non-hydrogen) atoms. The molecular formula is C7H9ClN2O4S. The van der Waals surface area contributed by atoms with Crippen LogP contribution < -0.4 is 0 Å². The Bertz CT molecular complexity index is 479. The lowest BCUT2D eigenvalue weighted by molar-refractivity contribution is 0.0587. The molecular weight excluding hydrogens is 244 g/mol. The number of esters is 1. The third kappa shape index (κ3) is 2.48. The number of rotatable bonds is 3. The van der Waals surface area contributed by atoms with Crippen molar-refractivity contribution in [1.29, 1.82) is 0 Å². The van der Waals surface area contributed by atoms with Crippen LogP contribution in [0.5, 0.6) is 0 Å². The van der Waals surface area contributed by atoms with Crippen LogP contribution in [0.2, 0.25) is 0 Å². The first-order valence-electron chi connectivity index (χ1n) is 4.01. The largest absolute Gasteiger partial charge is 0.464 e. The van der Waals surface area contributed by atoms with Crippen molar-refractivity contribution in [3.8, 4) is 0 Å². The highest BCUT2D eigenvalue weighted by molar-refractivity contribution is 8.13. The topological polar surface area (TPSA) is 78.3 Å². The van der Waals surface area contributed by atoms with Crippen LogP contribution in [0.25, 0.3) is 0 Å². The lowest BCUT2D eigenvalue weighted by atomic mass is 10.4. The Balaban J connectivity index is 3.29. The Morgan fingerprint density at radius 1 is 1.67 bits per heavy atom. The Hall–Kier alpha value is -1.08. The first kappa shape index (κ1) is 12.0. The molecule has 0 unspecified atom stereocenters. The van der Waals surface area contributed by atoms with E-state index in [1.54, 1.807) is 6.92 Å². The van der Waals surface area contributed by atoms with Gasteiger partial charge >= 0.3 is 5.97 Å². The summed E-state index contributed by atoms with van der Waals surface area (Å²) in [5, 5.41) is 3.31. The number of halogens is 1. The van der Waals surface area contributed by atoms with Gasteiger partial charge in [-0.25, -0.2) is 13.2 Å². The molecule has 0 atom stereocenters. The number of carbonyl (C=O) groups is 1. The summed E-state index contributed by atoms with van der Waals surface area (Å²) in [7, 11) is 2.37. The molecule has 1 rings (SSSR count). The van der Waals surface area contributed by atoms with E-state index in [2.05, 4.69) is 9.84 Å². The Labute approximate surface area is 91.2 Å². The van der Waals surface area contributed by atoms with Crippen molar-refractivity contribution in [2.24, 2.45) is 0 Å². The van der Waals surface area contributed by atoms with E-state index in [9.17, 15) is 13.2 Å². The highest BCUT2D eigenvalue weighted by atomic mass is 35.7. The standard InChI is InChI=1S/C7H9ClN2O4S/c1-3-10-5(7(11)14-2)4-6(9-10)15(8,12)13/h4H,3H2,1-2H3. The highest BCUT2D eigenvalue weighted by Gasteiger charge is 2.21. The summed E-state index contributed by atoms with van der Waals surface area (Å²) in [6.45, 7) is 2.06. The predicted octanol–water partition coefficient (Wildman–Crippen LogP) is 0.617. The van der Waals surface area contributed by atoms with Crippen LogP contribution in [0.1, 0.15) is 17.4 Å². The lowest BCUT2D eigenvalue weighted by Crippen LogP contribution is -2.10. The molecule has 84 valence electrons. The van der Waals surface area contributed by atoms with E-state index in [1.807, 2.05) is 0 Å². The molecule has 1 heterocycles. The molecule has 0 spiro atoms. The molecule has 0 aliphatic heterocycles. The number of carbonyl (C=O) groups excluding carboxylic acids is 1. The predicted molar refractivity (Wildman–Crippen MR) is 52.3 cm³/mol. The van der Waals surface area contributed by atoms with Gasteiger partial charge < -0.3 is 4.74 Å². The van der Waals surface area contributed by atoms with Gasteiger partial charge in [-0.2, -0.15) is 5.10 Å². The van der Waals surface area contributed by atoms with Gasteiger partial charge in [-0.15, -0.1) is 0 Å². The zero-order valence-electron chi connectivity index (χ0n) is 8.10. The van der Waals surface area contributed by atoms with Gasteiger partial charge in [-0.1, -0.05) is 0 Å². The number of hydrogen-bond acceptors (Lipinski definition) is 5. The van der Waals surface area contributed by atoms with Gasteiger partial charge in [0.1, 0.15) is 5.69 Å². The number of aromatic nitrogens is 2. The fourth-order valence-electron chi connectivity index (χ4n) is 1.02. The van der Waals surface area contributed by atoms with Crippen LogP contribution in [0, 0.1) is 0 Å². The lowest BCUT2D eigenvalue weighted by Gasteiger charge is -2.00. The fourth-order valence-corrected chi connectivity index (χ4v) is 1.70. The van der Waals surface area contributed by atoms with Crippen molar-refractivity contribution in [3.05, 3.63) is 11.8 Å². The molecule has 0 saturated carbocycles. The van der Waals surface area contributed by atoms with E-state index in [-0.39, 0.29) is 10.7 Å². The highest BCUT2D eigenvalue weighted by Crippen LogP contribution is 2.15. The quantitative estimate of drug-likeness (QED) is 0.582. The molecule has 1 aromatic heterocycles. The maximum Gasteiger partial charge on any atom is 0.356 e. The summed E-state index contributed by atoms with van der Waals surface area (Å²) >= 11 is 0. The number of nitrogens with zero attached hydrogens (tertiary/aromatic N) is 2. The third-order valence-corrected chi connectivity index (χ3v) is 2.87. The molecule has 0 fully saturated rings. The second kappa shape index (κ2) is 4.19. The van der Waals surface area contributed by atoms with E-state index in [1.165, 1.54) is 11.8 Å². The average Bonchev–Trinajstić information content (AvgIpc) is 2.59. The van der Waals surface area contributed by atoms with Crippen LogP contribution >= 0.6 is 10.7 Å². The summed E-state index contributed by atoms with van der Waals surface area (Å²) in [5.74, 6) is -0.657. The first-order valence-corrected chi connectivity index (χ1v) is 6.32. The molecule has 0 bridgehead atoms. The molecule has 0 aliphatic rings. The third-order valence-electron chi connectivity index (χ3n) is 1.70. The molecule has 0 aromatic carbocycles.